The molecular formula is C16H26. The third kappa shape index (κ3) is 3.10. The van der Waals surface area contributed by atoms with Crippen LogP contribution in [0.5, 0.6) is 0 Å². The van der Waals surface area contributed by atoms with Crippen LogP contribution < -0.4 is 0 Å². The van der Waals surface area contributed by atoms with Crippen molar-refractivity contribution in [3.63, 3.8) is 0 Å². The second-order valence-corrected chi connectivity index (χ2v) is 6.65. The summed E-state index contributed by atoms with van der Waals surface area (Å²) in [6.45, 7) is 14.1. The molecule has 16 heavy (non-hydrogen) atoms. The smallest absolute Gasteiger partial charge is 0.0185 e. The summed E-state index contributed by atoms with van der Waals surface area (Å²) in [5.41, 5.74) is 2.18. The first-order chi connectivity index (χ1) is 7.24. The lowest BCUT2D eigenvalue weighted by Gasteiger charge is -2.41. The molecule has 90 valence electrons. The molecule has 0 radical (unpaired) electrons. The number of hydrogen-bond acceptors (Lipinski definition) is 0. The van der Waals surface area contributed by atoms with Gasteiger partial charge in [-0.2, -0.15) is 0 Å². The molecular weight excluding hydrogens is 192 g/mol. The summed E-state index contributed by atoms with van der Waals surface area (Å²) in [7, 11) is 0. The third-order valence-electron chi connectivity index (χ3n) is 4.22. The second-order valence-electron chi connectivity index (χ2n) is 6.65. The lowest BCUT2D eigenvalue weighted by atomic mass is 9.65. The Labute approximate surface area is 101 Å². The van der Waals surface area contributed by atoms with Crippen molar-refractivity contribution in [2.75, 3.05) is 0 Å². The predicted molar refractivity (Wildman–Crippen MR) is 72.7 cm³/mol. The number of rotatable bonds is 3. The van der Waals surface area contributed by atoms with E-state index in [1.54, 1.807) is 0 Å². The third-order valence-corrected chi connectivity index (χ3v) is 4.22. The average Bonchev–Trinajstić information content (AvgIpc) is 2.16. The van der Waals surface area contributed by atoms with E-state index in [1.807, 2.05) is 0 Å². The quantitative estimate of drug-likeness (QED) is 0.649. The molecule has 0 spiro atoms. The summed E-state index contributed by atoms with van der Waals surface area (Å²) in [4.78, 5) is 0. The van der Waals surface area contributed by atoms with E-state index in [2.05, 4.69) is 71.9 Å². The van der Waals surface area contributed by atoms with Crippen molar-refractivity contribution >= 4 is 0 Å². The summed E-state index contributed by atoms with van der Waals surface area (Å²) < 4.78 is 0. The number of hydrogen-bond donors (Lipinski definition) is 0. The fraction of sp³-hybridized carbons (Fsp3) is 0.625. The van der Waals surface area contributed by atoms with Crippen LogP contribution in [-0.2, 0) is 0 Å². The van der Waals surface area contributed by atoms with Crippen molar-refractivity contribution in [1.82, 2.24) is 0 Å². The molecule has 0 aliphatic heterocycles. The van der Waals surface area contributed by atoms with Crippen LogP contribution in [0.4, 0.5) is 0 Å². The van der Waals surface area contributed by atoms with Crippen molar-refractivity contribution < 1.29 is 0 Å². The van der Waals surface area contributed by atoms with Gasteiger partial charge in [0.05, 0.1) is 0 Å². The molecule has 0 saturated heterocycles. The van der Waals surface area contributed by atoms with Gasteiger partial charge >= 0.3 is 0 Å². The maximum atomic E-state index is 2.38. The van der Waals surface area contributed by atoms with Gasteiger partial charge in [0, 0.05) is 0 Å². The van der Waals surface area contributed by atoms with Crippen LogP contribution in [0.2, 0.25) is 0 Å². The van der Waals surface area contributed by atoms with Crippen LogP contribution in [0, 0.1) is 10.8 Å². The summed E-state index contributed by atoms with van der Waals surface area (Å²) in [6.07, 6.45) is 1.24. The van der Waals surface area contributed by atoms with Gasteiger partial charge in [-0.05, 0) is 28.7 Å². The summed E-state index contributed by atoms with van der Waals surface area (Å²) in [5.74, 6) is 0.635. The zero-order valence-corrected chi connectivity index (χ0v) is 11.7. The molecule has 0 fully saturated rings. The van der Waals surface area contributed by atoms with Crippen molar-refractivity contribution in [1.29, 1.82) is 0 Å². The Morgan fingerprint density at radius 1 is 0.938 bits per heavy atom. The summed E-state index contributed by atoms with van der Waals surface area (Å²) in [5, 5.41) is 0. The minimum atomic E-state index is 0.357. The highest BCUT2D eigenvalue weighted by Gasteiger charge is 2.33. The van der Waals surface area contributed by atoms with Gasteiger partial charge in [0.1, 0.15) is 0 Å². The Balaban J connectivity index is 2.76. The molecule has 0 aliphatic carbocycles. The highest BCUT2D eigenvalue weighted by molar-refractivity contribution is 5.19. The predicted octanol–water partition coefficient (Wildman–Crippen LogP) is 5.25. The highest BCUT2D eigenvalue weighted by Crippen LogP contribution is 2.44. The molecule has 0 heterocycles. The van der Waals surface area contributed by atoms with Gasteiger partial charge in [0.25, 0.3) is 0 Å². The first-order valence-electron chi connectivity index (χ1n) is 6.29. The van der Waals surface area contributed by atoms with E-state index >= 15 is 0 Å². The van der Waals surface area contributed by atoms with E-state index < -0.39 is 0 Å². The fourth-order valence-electron chi connectivity index (χ4n) is 1.97. The Kier molecular flexibility index (Phi) is 3.83. The van der Waals surface area contributed by atoms with Crippen molar-refractivity contribution in [2.24, 2.45) is 10.8 Å². The van der Waals surface area contributed by atoms with Gasteiger partial charge in [-0.3, -0.25) is 0 Å². The van der Waals surface area contributed by atoms with E-state index in [9.17, 15) is 0 Å². The van der Waals surface area contributed by atoms with Crippen molar-refractivity contribution in [3.8, 4) is 0 Å². The van der Waals surface area contributed by atoms with Gasteiger partial charge in [-0.1, -0.05) is 71.9 Å². The SMILES string of the molecule is CC(CC(C)(C)C(C)(C)C)c1ccccc1. The Bertz CT molecular complexity index is 314. The minimum absolute atomic E-state index is 0.357. The van der Waals surface area contributed by atoms with Crippen molar-refractivity contribution in [3.05, 3.63) is 35.9 Å². The van der Waals surface area contributed by atoms with Gasteiger partial charge in [0.2, 0.25) is 0 Å². The molecule has 0 bridgehead atoms. The molecule has 1 aromatic carbocycles. The van der Waals surface area contributed by atoms with Crippen LogP contribution in [0.15, 0.2) is 30.3 Å². The molecule has 1 atom stereocenters. The molecule has 1 aromatic rings. The molecule has 0 aliphatic rings. The monoisotopic (exact) mass is 218 g/mol. The normalized spacial score (nSPS) is 14.9. The fourth-order valence-corrected chi connectivity index (χ4v) is 1.97. The Hall–Kier alpha value is -0.780. The summed E-state index contributed by atoms with van der Waals surface area (Å²) in [6, 6.07) is 10.8. The van der Waals surface area contributed by atoms with Gasteiger partial charge in [-0.25, -0.2) is 0 Å². The maximum absolute atomic E-state index is 2.38. The van der Waals surface area contributed by atoms with Gasteiger partial charge < -0.3 is 0 Å². The largest absolute Gasteiger partial charge is 0.0622 e. The van der Waals surface area contributed by atoms with E-state index in [4.69, 9.17) is 0 Å². The number of benzene rings is 1. The van der Waals surface area contributed by atoms with Crippen molar-refractivity contribution in [2.45, 2.75) is 53.9 Å². The van der Waals surface area contributed by atoms with Gasteiger partial charge in [-0.15, -0.1) is 0 Å². The zero-order chi connectivity index (χ0) is 12.4. The zero-order valence-electron chi connectivity index (χ0n) is 11.7. The molecule has 0 nitrogen and oxygen atoms in total. The summed E-state index contributed by atoms with van der Waals surface area (Å²) >= 11 is 0. The van der Waals surface area contributed by atoms with Crippen LogP contribution in [0.25, 0.3) is 0 Å². The first-order valence-corrected chi connectivity index (χ1v) is 6.29. The molecule has 0 amide bonds. The van der Waals surface area contributed by atoms with Crippen LogP contribution >= 0.6 is 0 Å². The highest BCUT2D eigenvalue weighted by atomic mass is 14.4. The lowest BCUT2D eigenvalue weighted by molar-refractivity contribution is 0.111. The topological polar surface area (TPSA) is 0 Å². The Morgan fingerprint density at radius 2 is 1.44 bits per heavy atom. The van der Waals surface area contributed by atoms with Gasteiger partial charge in [0.15, 0.2) is 0 Å². The minimum Gasteiger partial charge on any atom is -0.0622 e. The van der Waals surface area contributed by atoms with Crippen LogP contribution in [0.1, 0.15) is 59.4 Å². The van der Waals surface area contributed by atoms with E-state index in [-0.39, 0.29) is 0 Å². The molecule has 1 rings (SSSR count). The van der Waals surface area contributed by atoms with Crippen LogP contribution in [0.3, 0.4) is 0 Å². The first kappa shape index (κ1) is 13.3. The molecule has 0 saturated carbocycles. The second kappa shape index (κ2) is 4.61. The Morgan fingerprint density at radius 3 is 1.88 bits per heavy atom. The maximum Gasteiger partial charge on any atom is -0.0185 e. The van der Waals surface area contributed by atoms with E-state index in [1.165, 1.54) is 12.0 Å². The molecule has 0 N–H and O–H groups in total. The van der Waals surface area contributed by atoms with E-state index in [0.29, 0.717) is 16.7 Å². The molecule has 0 aromatic heterocycles. The van der Waals surface area contributed by atoms with E-state index in [0.717, 1.165) is 0 Å². The standard InChI is InChI=1S/C16H26/c1-13(14-10-8-7-9-11-14)12-16(5,6)15(2,3)4/h7-11,13H,12H2,1-6H3. The van der Waals surface area contributed by atoms with Crippen LogP contribution in [-0.4, -0.2) is 0 Å². The molecule has 0 heteroatoms. The molecule has 1 unspecified atom stereocenters. The lowest BCUT2D eigenvalue weighted by Crippen LogP contribution is -2.30. The average molecular weight is 218 g/mol.